The zero-order valence-corrected chi connectivity index (χ0v) is 14.1. The van der Waals surface area contributed by atoms with E-state index in [1.54, 1.807) is 0 Å². The monoisotopic (exact) mass is 369 g/mol. The molecule has 1 N–H and O–H groups in total. The summed E-state index contributed by atoms with van der Waals surface area (Å²) in [5.74, 6) is -3.43. The fraction of sp³-hybridized carbons (Fsp3) is 0.176. The van der Waals surface area contributed by atoms with Gasteiger partial charge in [0.25, 0.3) is 5.91 Å². The molecule has 1 atom stereocenters. The summed E-state index contributed by atoms with van der Waals surface area (Å²) in [5, 5.41) is 2.33. The van der Waals surface area contributed by atoms with Crippen molar-refractivity contribution in [1.29, 1.82) is 0 Å². The van der Waals surface area contributed by atoms with E-state index in [-0.39, 0.29) is 16.3 Å². The second-order valence-electron chi connectivity index (χ2n) is 4.98. The zero-order chi connectivity index (χ0) is 18.6. The molecule has 2 aromatic rings. The number of hydrogen-bond acceptors (Lipinski definition) is 4. The highest BCUT2D eigenvalue weighted by Gasteiger charge is 2.23. The minimum absolute atomic E-state index is 0.0201. The maximum atomic E-state index is 13.6. The molecule has 0 fully saturated rings. The molecule has 0 aliphatic rings. The van der Waals surface area contributed by atoms with Gasteiger partial charge in [0.05, 0.1) is 7.11 Å². The molecular formula is C17H14ClF2NO4. The van der Waals surface area contributed by atoms with Crippen LogP contribution < -0.4 is 10.1 Å². The summed E-state index contributed by atoms with van der Waals surface area (Å²) in [4.78, 5) is 24.2. The summed E-state index contributed by atoms with van der Waals surface area (Å²) in [6.45, 7) is 1.27. The third kappa shape index (κ3) is 4.45. The number of amides is 1. The molecule has 0 spiro atoms. The fourth-order valence-corrected chi connectivity index (χ4v) is 2.13. The predicted molar refractivity (Wildman–Crippen MR) is 87.9 cm³/mol. The second-order valence-corrected chi connectivity index (χ2v) is 5.41. The molecular weight excluding hydrogens is 356 g/mol. The minimum atomic E-state index is -1.31. The first-order chi connectivity index (χ1) is 11.8. The first kappa shape index (κ1) is 18.7. The average molecular weight is 370 g/mol. The van der Waals surface area contributed by atoms with Crippen LogP contribution in [0.5, 0.6) is 5.75 Å². The Labute approximate surface area is 147 Å². The van der Waals surface area contributed by atoms with E-state index in [1.807, 2.05) is 0 Å². The van der Waals surface area contributed by atoms with Crippen LogP contribution in [0.15, 0.2) is 36.4 Å². The van der Waals surface area contributed by atoms with Crippen molar-refractivity contribution in [1.82, 2.24) is 0 Å². The topological polar surface area (TPSA) is 64.6 Å². The molecule has 0 aromatic heterocycles. The minimum Gasteiger partial charge on any atom is -0.496 e. The predicted octanol–water partition coefficient (Wildman–Crippen LogP) is 3.81. The highest BCUT2D eigenvalue weighted by molar-refractivity contribution is 6.31. The van der Waals surface area contributed by atoms with E-state index in [0.29, 0.717) is 0 Å². The summed E-state index contributed by atoms with van der Waals surface area (Å²) in [5.41, 5.74) is -0.595. The lowest BCUT2D eigenvalue weighted by Crippen LogP contribution is -2.30. The largest absolute Gasteiger partial charge is 0.496 e. The summed E-state index contributed by atoms with van der Waals surface area (Å²) < 4.78 is 37.1. The van der Waals surface area contributed by atoms with Crippen molar-refractivity contribution < 1.29 is 27.8 Å². The van der Waals surface area contributed by atoms with Crippen molar-refractivity contribution >= 4 is 29.2 Å². The summed E-state index contributed by atoms with van der Waals surface area (Å²) in [7, 11) is 1.36. The normalized spacial score (nSPS) is 11.6. The van der Waals surface area contributed by atoms with Gasteiger partial charge in [-0.05, 0) is 37.3 Å². The van der Waals surface area contributed by atoms with Crippen molar-refractivity contribution in [2.75, 3.05) is 12.4 Å². The number of esters is 1. The van der Waals surface area contributed by atoms with E-state index in [9.17, 15) is 18.4 Å². The molecule has 1 amide bonds. The summed E-state index contributed by atoms with van der Waals surface area (Å²) in [6, 6.07) is 7.46. The number of rotatable bonds is 5. The van der Waals surface area contributed by atoms with E-state index in [0.717, 1.165) is 18.2 Å². The van der Waals surface area contributed by atoms with E-state index in [1.165, 1.54) is 32.2 Å². The first-order valence-corrected chi connectivity index (χ1v) is 7.50. The Morgan fingerprint density at radius 1 is 1.16 bits per heavy atom. The van der Waals surface area contributed by atoms with Gasteiger partial charge in [-0.1, -0.05) is 17.7 Å². The highest BCUT2D eigenvalue weighted by Crippen LogP contribution is 2.24. The van der Waals surface area contributed by atoms with E-state index >= 15 is 0 Å². The quantitative estimate of drug-likeness (QED) is 0.814. The van der Waals surface area contributed by atoms with E-state index < -0.39 is 35.3 Å². The molecule has 0 unspecified atom stereocenters. The molecule has 0 aliphatic carbocycles. The van der Waals surface area contributed by atoms with Gasteiger partial charge in [0.2, 0.25) is 0 Å². The lowest BCUT2D eigenvalue weighted by atomic mass is 10.2. The number of hydrogen-bond donors (Lipinski definition) is 1. The number of halogens is 3. The number of carbonyl (C=O) groups excluding carboxylic acids is 2. The van der Waals surface area contributed by atoms with Crippen LogP contribution in [0, 0.1) is 11.6 Å². The molecule has 132 valence electrons. The van der Waals surface area contributed by atoms with Gasteiger partial charge < -0.3 is 14.8 Å². The van der Waals surface area contributed by atoms with Gasteiger partial charge in [0.15, 0.2) is 6.10 Å². The number of methoxy groups -OCH3 is 1. The van der Waals surface area contributed by atoms with Crippen LogP contribution >= 0.6 is 11.6 Å². The third-order valence-electron chi connectivity index (χ3n) is 3.25. The summed E-state index contributed by atoms with van der Waals surface area (Å²) >= 11 is 5.83. The van der Waals surface area contributed by atoms with Crippen molar-refractivity contribution in [3.63, 3.8) is 0 Å². The third-order valence-corrected chi connectivity index (χ3v) is 3.48. The number of ether oxygens (including phenoxy) is 2. The molecule has 2 rings (SSSR count). The van der Waals surface area contributed by atoms with Crippen LogP contribution in [0.4, 0.5) is 14.5 Å². The van der Waals surface area contributed by atoms with E-state index in [4.69, 9.17) is 21.1 Å². The Bertz CT molecular complexity index is 793. The van der Waals surface area contributed by atoms with Gasteiger partial charge in [-0.3, -0.25) is 4.79 Å². The number of benzene rings is 2. The molecule has 0 saturated carbocycles. The SMILES string of the molecule is COc1ccc(Cl)cc1C(=O)O[C@@H](C)C(=O)Nc1c(F)cccc1F. The molecule has 0 aliphatic heterocycles. The Kier molecular flexibility index (Phi) is 5.93. The average Bonchev–Trinajstić information content (AvgIpc) is 2.57. The standard InChI is InChI=1S/C17H14ClF2NO4/c1-9(16(22)21-15-12(19)4-3-5-13(15)20)25-17(23)11-8-10(18)6-7-14(11)24-2/h3-9H,1-2H3,(H,21,22)/t9-/m0/s1. The van der Waals surface area contributed by atoms with Gasteiger partial charge in [-0.15, -0.1) is 0 Å². The van der Waals surface area contributed by atoms with Gasteiger partial charge in [0, 0.05) is 5.02 Å². The maximum Gasteiger partial charge on any atom is 0.342 e. The van der Waals surface area contributed by atoms with Crippen LogP contribution in [-0.4, -0.2) is 25.1 Å². The lowest BCUT2D eigenvalue weighted by molar-refractivity contribution is -0.123. The molecule has 5 nitrogen and oxygen atoms in total. The smallest absolute Gasteiger partial charge is 0.342 e. The summed E-state index contributed by atoms with van der Waals surface area (Å²) in [6.07, 6.45) is -1.31. The van der Waals surface area contributed by atoms with Gasteiger partial charge in [-0.25, -0.2) is 13.6 Å². The Morgan fingerprint density at radius 3 is 2.40 bits per heavy atom. The molecule has 25 heavy (non-hydrogen) atoms. The highest BCUT2D eigenvalue weighted by atomic mass is 35.5. The van der Waals surface area contributed by atoms with Gasteiger partial charge in [0.1, 0.15) is 28.6 Å². The Balaban J connectivity index is 2.11. The Morgan fingerprint density at radius 2 is 1.80 bits per heavy atom. The van der Waals surface area contributed by atoms with Crippen LogP contribution in [0.3, 0.4) is 0 Å². The molecule has 0 bridgehead atoms. The van der Waals surface area contributed by atoms with Crippen LogP contribution in [-0.2, 0) is 9.53 Å². The zero-order valence-electron chi connectivity index (χ0n) is 13.3. The van der Waals surface area contributed by atoms with Crippen LogP contribution in [0.2, 0.25) is 5.02 Å². The van der Waals surface area contributed by atoms with Crippen LogP contribution in [0.25, 0.3) is 0 Å². The molecule has 8 heteroatoms. The fourth-order valence-electron chi connectivity index (χ4n) is 1.96. The van der Waals surface area contributed by atoms with Crippen molar-refractivity contribution in [2.45, 2.75) is 13.0 Å². The Hall–Kier alpha value is -2.67. The number of anilines is 1. The van der Waals surface area contributed by atoms with Crippen molar-refractivity contribution in [3.05, 3.63) is 58.6 Å². The number of carbonyl (C=O) groups is 2. The number of para-hydroxylation sites is 1. The molecule has 0 radical (unpaired) electrons. The van der Waals surface area contributed by atoms with E-state index in [2.05, 4.69) is 5.32 Å². The molecule has 0 heterocycles. The maximum absolute atomic E-state index is 13.6. The number of nitrogens with one attached hydrogen (secondary N) is 1. The molecule has 2 aromatic carbocycles. The van der Waals surface area contributed by atoms with Crippen molar-refractivity contribution in [3.8, 4) is 5.75 Å². The second kappa shape index (κ2) is 7.94. The lowest BCUT2D eigenvalue weighted by Gasteiger charge is -2.15. The van der Waals surface area contributed by atoms with Gasteiger partial charge >= 0.3 is 5.97 Å². The molecule has 0 saturated heterocycles. The van der Waals surface area contributed by atoms with Gasteiger partial charge in [-0.2, -0.15) is 0 Å². The van der Waals surface area contributed by atoms with Crippen molar-refractivity contribution in [2.24, 2.45) is 0 Å². The van der Waals surface area contributed by atoms with Crippen LogP contribution in [0.1, 0.15) is 17.3 Å². The first-order valence-electron chi connectivity index (χ1n) is 7.13.